The normalized spacial score (nSPS) is 13.9. The van der Waals surface area contributed by atoms with E-state index in [1.54, 1.807) is 6.08 Å². The summed E-state index contributed by atoms with van der Waals surface area (Å²) < 4.78 is 0. The highest BCUT2D eigenvalue weighted by molar-refractivity contribution is 5.27. The van der Waals surface area contributed by atoms with Crippen LogP contribution in [0.3, 0.4) is 0 Å². The number of benzene rings is 1. The Morgan fingerprint density at radius 3 is 2.53 bits per heavy atom. The van der Waals surface area contributed by atoms with Crippen LogP contribution in [0.5, 0.6) is 0 Å². The maximum absolute atomic E-state index is 10.1. The number of allylic oxidation sites excluding steroid dienone is 4. The molecule has 1 heteroatoms. The first-order valence-electron chi connectivity index (χ1n) is 5.86. The molecule has 1 aromatic rings. The Bertz CT molecular complexity index is 410. The van der Waals surface area contributed by atoms with Gasteiger partial charge in [-0.1, -0.05) is 60.7 Å². The van der Waals surface area contributed by atoms with Gasteiger partial charge in [-0.15, -0.1) is 0 Å². The maximum Gasteiger partial charge on any atom is 0.0830 e. The van der Waals surface area contributed by atoms with Gasteiger partial charge >= 0.3 is 0 Å². The first-order chi connectivity index (χ1) is 8.17. The summed E-state index contributed by atoms with van der Waals surface area (Å²) >= 11 is 0. The molecule has 1 aromatic carbocycles. The predicted octanol–water partition coefficient (Wildman–Crippen LogP) is 4.11. The molecule has 0 spiro atoms. The van der Waals surface area contributed by atoms with Gasteiger partial charge in [0.15, 0.2) is 0 Å². The van der Waals surface area contributed by atoms with Crippen LogP contribution in [0.15, 0.2) is 60.7 Å². The fourth-order valence-electron chi connectivity index (χ4n) is 1.60. The lowest BCUT2D eigenvalue weighted by molar-refractivity contribution is 0.179. The van der Waals surface area contributed by atoms with E-state index in [0.29, 0.717) is 6.42 Å². The van der Waals surface area contributed by atoms with E-state index in [2.05, 4.69) is 6.58 Å². The highest BCUT2D eigenvalue weighted by atomic mass is 16.3. The standard InChI is InChI=1S/C16H20O/c1-4-6-7-14(5-2)12-16(17)15-10-8-13(3)9-11-15/h4-11,16-17H,1,12H2,2-3H3/b7-6-,14-5+. The number of rotatable bonds is 5. The summed E-state index contributed by atoms with van der Waals surface area (Å²) in [4.78, 5) is 0. The molecule has 1 rings (SSSR count). The predicted molar refractivity (Wildman–Crippen MR) is 73.8 cm³/mol. The largest absolute Gasteiger partial charge is 0.388 e. The van der Waals surface area contributed by atoms with Crippen molar-refractivity contribution < 1.29 is 5.11 Å². The minimum absolute atomic E-state index is 0.448. The molecule has 0 fully saturated rings. The molecule has 0 radical (unpaired) electrons. The van der Waals surface area contributed by atoms with E-state index in [1.807, 2.05) is 56.3 Å². The van der Waals surface area contributed by atoms with Crippen LogP contribution in [0.2, 0.25) is 0 Å². The van der Waals surface area contributed by atoms with Gasteiger partial charge in [-0.25, -0.2) is 0 Å². The summed E-state index contributed by atoms with van der Waals surface area (Å²) in [6.45, 7) is 7.66. The van der Waals surface area contributed by atoms with Crippen LogP contribution in [0.1, 0.15) is 30.6 Å². The zero-order chi connectivity index (χ0) is 12.7. The van der Waals surface area contributed by atoms with E-state index in [-0.39, 0.29) is 0 Å². The van der Waals surface area contributed by atoms with Crippen LogP contribution >= 0.6 is 0 Å². The van der Waals surface area contributed by atoms with Gasteiger partial charge in [-0.3, -0.25) is 0 Å². The van der Waals surface area contributed by atoms with Crippen molar-refractivity contribution >= 4 is 0 Å². The molecule has 0 aliphatic heterocycles. The highest BCUT2D eigenvalue weighted by Crippen LogP contribution is 2.21. The Kier molecular flexibility index (Phi) is 5.44. The minimum atomic E-state index is -0.448. The van der Waals surface area contributed by atoms with E-state index in [9.17, 15) is 5.11 Å². The number of hydrogen-bond acceptors (Lipinski definition) is 1. The molecule has 0 saturated heterocycles. The van der Waals surface area contributed by atoms with E-state index in [0.717, 1.165) is 11.1 Å². The topological polar surface area (TPSA) is 20.2 Å². The second-order valence-corrected chi connectivity index (χ2v) is 4.09. The lowest BCUT2D eigenvalue weighted by atomic mass is 10.00. The van der Waals surface area contributed by atoms with Gasteiger partial charge in [-0.2, -0.15) is 0 Å². The Balaban J connectivity index is 2.71. The first-order valence-corrected chi connectivity index (χ1v) is 5.86. The summed E-state index contributed by atoms with van der Waals surface area (Å²) in [5.41, 5.74) is 3.28. The van der Waals surface area contributed by atoms with Gasteiger partial charge in [0, 0.05) is 6.42 Å². The van der Waals surface area contributed by atoms with E-state index in [4.69, 9.17) is 0 Å². The zero-order valence-corrected chi connectivity index (χ0v) is 10.6. The SMILES string of the molecule is C=C/C=C\C(=C/C)CC(O)c1ccc(C)cc1. The average Bonchev–Trinajstić information content (AvgIpc) is 2.35. The lowest BCUT2D eigenvalue weighted by Crippen LogP contribution is -1.98. The Morgan fingerprint density at radius 1 is 1.35 bits per heavy atom. The molecule has 0 bridgehead atoms. The number of hydrogen-bond donors (Lipinski definition) is 1. The fourth-order valence-corrected chi connectivity index (χ4v) is 1.60. The highest BCUT2D eigenvalue weighted by Gasteiger charge is 2.07. The molecule has 1 N–H and O–H groups in total. The summed E-state index contributed by atoms with van der Waals surface area (Å²) in [6.07, 6.45) is 7.79. The summed E-state index contributed by atoms with van der Waals surface area (Å²) in [7, 11) is 0. The number of aryl methyl sites for hydroxylation is 1. The van der Waals surface area contributed by atoms with Crippen molar-refractivity contribution in [2.45, 2.75) is 26.4 Å². The van der Waals surface area contributed by atoms with E-state index >= 15 is 0 Å². The third-order valence-electron chi connectivity index (χ3n) is 2.71. The van der Waals surface area contributed by atoms with Crippen molar-refractivity contribution in [3.05, 3.63) is 71.8 Å². The second kappa shape index (κ2) is 6.87. The number of aliphatic hydroxyl groups excluding tert-OH is 1. The fraction of sp³-hybridized carbons (Fsp3) is 0.250. The molecule has 90 valence electrons. The van der Waals surface area contributed by atoms with Crippen molar-refractivity contribution in [3.8, 4) is 0 Å². The van der Waals surface area contributed by atoms with Crippen molar-refractivity contribution in [2.75, 3.05) is 0 Å². The van der Waals surface area contributed by atoms with E-state index < -0.39 is 6.10 Å². The van der Waals surface area contributed by atoms with Crippen LogP contribution < -0.4 is 0 Å². The third kappa shape index (κ3) is 4.41. The van der Waals surface area contributed by atoms with Crippen LogP contribution in [0.25, 0.3) is 0 Å². The van der Waals surface area contributed by atoms with Crippen LogP contribution in [0.4, 0.5) is 0 Å². The van der Waals surface area contributed by atoms with Crippen LogP contribution in [-0.4, -0.2) is 5.11 Å². The van der Waals surface area contributed by atoms with Gasteiger partial charge in [0.25, 0.3) is 0 Å². The van der Waals surface area contributed by atoms with Crippen LogP contribution in [0, 0.1) is 6.92 Å². The molecule has 0 amide bonds. The van der Waals surface area contributed by atoms with Crippen molar-refractivity contribution in [1.82, 2.24) is 0 Å². The third-order valence-corrected chi connectivity index (χ3v) is 2.71. The first kappa shape index (κ1) is 13.5. The molecule has 0 aliphatic carbocycles. The molecule has 0 heterocycles. The molecular weight excluding hydrogens is 208 g/mol. The number of aliphatic hydroxyl groups is 1. The molecule has 1 nitrogen and oxygen atoms in total. The Morgan fingerprint density at radius 2 is 2.00 bits per heavy atom. The minimum Gasteiger partial charge on any atom is -0.388 e. The molecule has 1 unspecified atom stereocenters. The monoisotopic (exact) mass is 228 g/mol. The van der Waals surface area contributed by atoms with Gasteiger partial charge in [0.05, 0.1) is 6.10 Å². The van der Waals surface area contributed by atoms with Crippen LogP contribution in [-0.2, 0) is 0 Å². The summed E-state index contributed by atoms with van der Waals surface area (Å²) in [5, 5.41) is 10.1. The quantitative estimate of drug-likeness (QED) is 0.752. The Labute approximate surface area is 104 Å². The zero-order valence-electron chi connectivity index (χ0n) is 10.6. The van der Waals surface area contributed by atoms with Crippen molar-refractivity contribution in [2.24, 2.45) is 0 Å². The lowest BCUT2D eigenvalue weighted by Gasteiger charge is -2.11. The summed E-state index contributed by atoms with van der Waals surface area (Å²) in [5.74, 6) is 0. The average molecular weight is 228 g/mol. The van der Waals surface area contributed by atoms with Gasteiger partial charge in [-0.05, 0) is 25.0 Å². The van der Waals surface area contributed by atoms with Gasteiger partial charge < -0.3 is 5.11 Å². The molecule has 0 aromatic heterocycles. The van der Waals surface area contributed by atoms with Crippen molar-refractivity contribution in [3.63, 3.8) is 0 Å². The molecule has 0 aliphatic rings. The van der Waals surface area contributed by atoms with E-state index in [1.165, 1.54) is 5.56 Å². The molecule has 0 saturated carbocycles. The summed E-state index contributed by atoms with van der Waals surface area (Å²) in [6, 6.07) is 8.00. The van der Waals surface area contributed by atoms with Crippen molar-refractivity contribution in [1.29, 1.82) is 0 Å². The maximum atomic E-state index is 10.1. The molecular formula is C16H20O. The van der Waals surface area contributed by atoms with Gasteiger partial charge in [0.1, 0.15) is 0 Å². The smallest absolute Gasteiger partial charge is 0.0830 e. The van der Waals surface area contributed by atoms with Gasteiger partial charge in [0.2, 0.25) is 0 Å². The Hall–Kier alpha value is -1.60. The second-order valence-electron chi connectivity index (χ2n) is 4.09. The molecule has 1 atom stereocenters. The molecule has 17 heavy (non-hydrogen) atoms.